The van der Waals surface area contributed by atoms with E-state index in [1.54, 1.807) is 17.0 Å². The average molecular weight is 352 g/mol. The third-order valence-corrected chi connectivity index (χ3v) is 5.77. The number of nitrogens with zero attached hydrogens (tertiary/aromatic N) is 1. The first-order valence-electron chi connectivity index (χ1n) is 8.14. The van der Waals surface area contributed by atoms with Gasteiger partial charge in [0.2, 0.25) is 5.91 Å². The number of carboxylic acids is 1. The lowest BCUT2D eigenvalue weighted by Gasteiger charge is -2.34. The molecular formula is C18H22ClNO4. The zero-order valence-corrected chi connectivity index (χ0v) is 14.7. The number of likely N-dealkylation sites (tertiary alicyclic amines) is 1. The highest BCUT2D eigenvalue weighted by Crippen LogP contribution is 2.43. The van der Waals surface area contributed by atoms with E-state index in [0.29, 0.717) is 31.2 Å². The summed E-state index contributed by atoms with van der Waals surface area (Å²) in [5.41, 5.74) is -0.741. The number of carbonyl (C=O) groups excluding carboxylic acids is 1. The number of benzene rings is 1. The Labute approximate surface area is 146 Å². The monoisotopic (exact) mass is 351 g/mol. The van der Waals surface area contributed by atoms with Crippen molar-refractivity contribution in [2.45, 2.75) is 25.7 Å². The summed E-state index contributed by atoms with van der Waals surface area (Å²) in [5, 5.41) is 10.4. The zero-order chi connectivity index (χ0) is 17.5. The Kier molecular flexibility index (Phi) is 4.34. The molecular weight excluding hydrogens is 330 g/mol. The number of fused-ring (bicyclic) bond motifs is 1. The van der Waals surface area contributed by atoms with Crippen LogP contribution in [-0.4, -0.2) is 48.2 Å². The van der Waals surface area contributed by atoms with Gasteiger partial charge >= 0.3 is 5.97 Å². The fourth-order valence-corrected chi connectivity index (χ4v) is 3.97. The van der Waals surface area contributed by atoms with Crippen molar-refractivity contribution in [3.05, 3.63) is 34.9 Å². The van der Waals surface area contributed by atoms with Gasteiger partial charge in [-0.05, 0) is 38.0 Å². The van der Waals surface area contributed by atoms with Crippen LogP contribution in [0.5, 0.6) is 0 Å². The molecule has 0 saturated carbocycles. The highest BCUT2D eigenvalue weighted by molar-refractivity contribution is 6.30. The first kappa shape index (κ1) is 17.2. The minimum Gasteiger partial charge on any atom is -0.481 e. The second kappa shape index (κ2) is 6.05. The minimum absolute atomic E-state index is 0.0557. The highest BCUT2D eigenvalue weighted by Gasteiger charge is 2.56. The van der Waals surface area contributed by atoms with E-state index in [-0.39, 0.29) is 18.4 Å². The molecule has 2 aliphatic rings. The molecule has 2 saturated heterocycles. The standard InChI is InChI=1S/C18H22ClNO4/c1-17(2,12-3-5-14(19)6-4-12)15(21)20-9-13-10-24-8-7-18(13,11-20)16(22)23/h3-6,13H,7-11H2,1-2H3,(H,22,23)/t13-,18+/m0/s1. The van der Waals surface area contributed by atoms with Crippen molar-refractivity contribution in [3.8, 4) is 0 Å². The molecule has 3 rings (SSSR count). The summed E-state index contributed by atoms with van der Waals surface area (Å²) in [4.78, 5) is 26.7. The van der Waals surface area contributed by atoms with Crippen LogP contribution in [0.25, 0.3) is 0 Å². The average Bonchev–Trinajstić information content (AvgIpc) is 2.95. The van der Waals surface area contributed by atoms with E-state index < -0.39 is 16.8 Å². The lowest BCUT2D eigenvalue weighted by atomic mass is 9.74. The van der Waals surface area contributed by atoms with E-state index in [1.807, 2.05) is 26.0 Å². The molecule has 1 amide bonds. The molecule has 2 heterocycles. The van der Waals surface area contributed by atoms with Crippen LogP contribution >= 0.6 is 11.6 Å². The molecule has 1 aromatic carbocycles. The van der Waals surface area contributed by atoms with Gasteiger partial charge in [-0.3, -0.25) is 9.59 Å². The second-order valence-corrected chi connectivity index (χ2v) is 7.74. The number of hydrogen-bond donors (Lipinski definition) is 1. The molecule has 6 heteroatoms. The third-order valence-electron chi connectivity index (χ3n) is 5.52. The molecule has 0 spiro atoms. The van der Waals surface area contributed by atoms with Gasteiger partial charge in [-0.15, -0.1) is 0 Å². The number of ether oxygens (including phenoxy) is 1. The van der Waals surface area contributed by atoms with Crippen molar-refractivity contribution in [3.63, 3.8) is 0 Å². The van der Waals surface area contributed by atoms with E-state index in [9.17, 15) is 14.7 Å². The van der Waals surface area contributed by atoms with Crippen LogP contribution in [-0.2, 0) is 19.7 Å². The SMILES string of the molecule is CC(C)(C(=O)N1C[C@H]2COCC[C@@]2(C(=O)O)C1)c1ccc(Cl)cc1. The molecule has 2 aliphatic heterocycles. The van der Waals surface area contributed by atoms with Gasteiger partial charge in [-0.2, -0.15) is 0 Å². The fourth-order valence-electron chi connectivity index (χ4n) is 3.84. The molecule has 2 fully saturated rings. The van der Waals surface area contributed by atoms with Crippen molar-refractivity contribution >= 4 is 23.5 Å². The number of hydrogen-bond acceptors (Lipinski definition) is 3. The number of amides is 1. The van der Waals surface area contributed by atoms with Crippen molar-refractivity contribution in [2.75, 3.05) is 26.3 Å². The highest BCUT2D eigenvalue weighted by atomic mass is 35.5. The molecule has 0 unspecified atom stereocenters. The van der Waals surface area contributed by atoms with Crippen LogP contribution in [0.2, 0.25) is 5.02 Å². The van der Waals surface area contributed by atoms with Gasteiger partial charge in [0.25, 0.3) is 0 Å². The minimum atomic E-state index is -0.871. The van der Waals surface area contributed by atoms with Gasteiger partial charge in [0.1, 0.15) is 0 Å². The maximum atomic E-state index is 13.1. The van der Waals surface area contributed by atoms with Gasteiger partial charge in [-0.1, -0.05) is 23.7 Å². The van der Waals surface area contributed by atoms with Gasteiger partial charge in [0.05, 0.1) is 17.4 Å². The molecule has 0 radical (unpaired) electrons. The summed E-state index contributed by atoms with van der Waals surface area (Å²) in [7, 11) is 0. The molecule has 24 heavy (non-hydrogen) atoms. The Balaban J connectivity index is 1.85. The largest absolute Gasteiger partial charge is 0.481 e. The van der Waals surface area contributed by atoms with E-state index in [4.69, 9.17) is 16.3 Å². The van der Waals surface area contributed by atoms with Crippen molar-refractivity contribution in [1.82, 2.24) is 4.90 Å². The van der Waals surface area contributed by atoms with Crippen LogP contribution in [0.15, 0.2) is 24.3 Å². The van der Waals surface area contributed by atoms with E-state index >= 15 is 0 Å². The summed E-state index contributed by atoms with van der Waals surface area (Å²) in [6, 6.07) is 7.23. The van der Waals surface area contributed by atoms with Crippen LogP contribution in [0.4, 0.5) is 0 Å². The van der Waals surface area contributed by atoms with E-state index in [1.165, 1.54) is 0 Å². The summed E-state index contributed by atoms with van der Waals surface area (Å²) in [6.07, 6.45) is 0.457. The van der Waals surface area contributed by atoms with E-state index in [0.717, 1.165) is 5.56 Å². The summed E-state index contributed by atoms with van der Waals surface area (Å²) >= 11 is 5.93. The zero-order valence-electron chi connectivity index (χ0n) is 13.9. The number of rotatable bonds is 3. The van der Waals surface area contributed by atoms with Crippen LogP contribution in [0, 0.1) is 11.3 Å². The molecule has 130 valence electrons. The van der Waals surface area contributed by atoms with E-state index in [2.05, 4.69) is 0 Å². The van der Waals surface area contributed by atoms with Crippen molar-refractivity contribution in [2.24, 2.45) is 11.3 Å². The van der Waals surface area contributed by atoms with Crippen LogP contribution < -0.4 is 0 Å². The number of carbonyl (C=O) groups is 2. The predicted octanol–water partition coefficient (Wildman–Crippen LogP) is 2.57. The molecule has 0 aliphatic carbocycles. The topological polar surface area (TPSA) is 66.8 Å². The van der Waals surface area contributed by atoms with Crippen LogP contribution in [0.3, 0.4) is 0 Å². The van der Waals surface area contributed by atoms with Gasteiger partial charge < -0.3 is 14.7 Å². The Morgan fingerprint density at radius 2 is 2.00 bits per heavy atom. The Bertz CT molecular complexity index is 657. The molecule has 0 bridgehead atoms. The summed E-state index contributed by atoms with van der Waals surface area (Å²) in [5.74, 6) is -1.02. The molecule has 1 aromatic rings. The molecule has 5 nitrogen and oxygen atoms in total. The number of halogens is 1. The summed E-state index contributed by atoms with van der Waals surface area (Å²) < 4.78 is 5.45. The Morgan fingerprint density at radius 3 is 2.58 bits per heavy atom. The fraction of sp³-hybridized carbons (Fsp3) is 0.556. The first-order valence-corrected chi connectivity index (χ1v) is 8.52. The smallest absolute Gasteiger partial charge is 0.311 e. The summed E-state index contributed by atoms with van der Waals surface area (Å²) in [6.45, 7) is 5.26. The third kappa shape index (κ3) is 2.70. The maximum Gasteiger partial charge on any atom is 0.311 e. The second-order valence-electron chi connectivity index (χ2n) is 7.30. The first-order chi connectivity index (χ1) is 11.3. The van der Waals surface area contributed by atoms with Crippen molar-refractivity contribution < 1.29 is 19.4 Å². The van der Waals surface area contributed by atoms with Crippen molar-refractivity contribution in [1.29, 1.82) is 0 Å². The van der Waals surface area contributed by atoms with Gasteiger partial charge in [-0.25, -0.2) is 0 Å². The van der Waals surface area contributed by atoms with Crippen LogP contribution in [0.1, 0.15) is 25.8 Å². The quantitative estimate of drug-likeness (QED) is 0.908. The lowest BCUT2D eigenvalue weighted by molar-refractivity contribution is -0.157. The Hall–Kier alpha value is -1.59. The number of carboxylic acid groups (broad SMARTS) is 1. The molecule has 0 aromatic heterocycles. The predicted molar refractivity (Wildman–Crippen MR) is 90.1 cm³/mol. The van der Waals surface area contributed by atoms with Gasteiger partial charge in [0, 0.05) is 30.6 Å². The Morgan fingerprint density at radius 1 is 1.33 bits per heavy atom. The normalized spacial score (nSPS) is 27.0. The number of aliphatic carboxylic acids is 1. The molecule has 2 atom stereocenters. The maximum absolute atomic E-state index is 13.1. The lowest BCUT2D eigenvalue weighted by Crippen LogP contribution is -2.46. The molecule has 1 N–H and O–H groups in total. The van der Waals surface area contributed by atoms with Gasteiger partial charge in [0.15, 0.2) is 0 Å².